The minimum Gasteiger partial charge on any atom is -0.340 e. The van der Waals surface area contributed by atoms with Gasteiger partial charge in [0.25, 0.3) is 5.91 Å². The standard InChI is InChI=1S/C21H28N4O/c1-20(2,3)17-13-18(25(23-17)21(4,5)6)22-19(26)16-12-14-10-8-9-11-15(14)24(16)7/h8-13H,1-7H3,(H,22,26). The maximum Gasteiger partial charge on any atom is 0.273 e. The Kier molecular flexibility index (Phi) is 4.21. The Balaban J connectivity index is 2.01. The molecule has 1 aromatic carbocycles. The smallest absolute Gasteiger partial charge is 0.273 e. The molecule has 138 valence electrons. The first-order valence-corrected chi connectivity index (χ1v) is 8.95. The zero-order valence-electron chi connectivity index (χ0n) is 16.7. The normalized spacial score (nSPS) is 12.6. The number of amides is 1. The summed E-state index contributed by atoms with van der Waals surface area (Å²) in [6.07, 6.45) is 0. The summed E-state index contributed by atoms with van der Waals surface area (Å²) in [4.78, 5) is 13.0. The molecular formula is C21H28N4O. The number of carbonyl (C=O) groups excluding carboxylic acids is 1. The van der Waals surface area contributed by atoms with Gasteiger partial charge in [0.1, 0.15) is 11.5 Å². The molecule has 0 spiro atoms. The van der Waals surface area contributed by atoms with Crippen molar-refractivity contribution in [2.75, 3.05) is 5.32 Å². The minimum absolute atomic E-state index is 0.0877. The maximum atomic E-state index is 13.0. The predicted molar refractivity (Wildman–Crippen MR) is 107 cm³/mol. The fourth-order valence-corrected chi connectivity index (χ4v) is 3.04. The number of nitrogens with zero attached hydrogens (tertiary/aromatic N) is 3. The molecule has 0 saturated heterocycles. The fraction of sp³-hybridized carbons (Fsp3) is 0.429. The molecule has 0 fully saturated rings. The second-order valence-corrected chi connectivity index (χ2v) is 8.85. The molecular weight excluding hydrogens is 324 g/mol. The van der Waals surface area contributed by atoms with Gasteiger partial charge >= 0.3 is 0 Å². The highest BCUT2D eigenvalue weighted by Crippen LogP contribution is 2.29. The van der Waals surface area contributed by atoms with Crippen LogP contribution in [0.15, 0.2) is 36.4 Å². The minimum atomic E-state index is -0.231. The lowest BCUT2D eigenvalue weighted by Crippen LogP contribution is -2.27. The van der Waals surface area contributed by atoms with Gasteiger partial charge in [-0.3, -0.25) is 4.79 Å². The summed E-state index contributed by atoms with van der Waals surface area (Å²) in [6.45, 7) is 12.6. The highest BCUT2D eigenvalue weighted by atomic mass is 16.2. The number of hydrogen-bond donors (Lipinski definition) is 1. The molecule has 0 saturated carbocycles. The van der Waals surface area contributed by atoms with Crippen molar-refractivity contribution < 1.29 is 4.79 Å². The second kappa shape index (κ2) is 6.01. The number of para-hydroxylation sites is 1. The van der Waals surface area contributed by atoms with Gasteiger partial charge in [0.15, 0.2) is 0 Å². The van der Waals surface area contributed by atoms with Gasteiger partial charge in [-0.25, -0.2) is 4.68 Å². The van der Waals surface area contributed by atoms with Crippen molar-refractivity contribution in [3.8, 4) is 0 Å². The van der Waals surface area contributed by atoms with Crippen LogP contribution in [0.3, 0.4) is 0 Å². The van der Waals surface area contributed by atoms with Gasteiger partial charge in [0, 0.05) is 29.4 Å². The number of benzene rings is 1. The Hall–Kier alpha value is -2.56. The number of nitrogens with one attached hydrogen (secondary N) is 1. The quantitative estimate of drug-likeness (QED) is 0.728. The lowest BCUT2D eigenvalue weighted by molar-refractivity contribution is 0.101. The van der Waals surface area contributed by atoms with Crippen molar-refractivity contribution in [3.05, 3.63) is 47.8 Å². The van der Waals surface area contributed by atoms with Crippen LogP contribution in [-0.2, 0) is 18.0 Å². The van der Waals surface area contributed by atoms with E-state index in [2.05, 4.69) is 46.9 Å². The number of aromatic nitrogens is 3. The Bertz CT molecular complexity index is 964. The van der Waals surface area contributed by atoms with Gasteiger partial charge in [-0.1, -0.05) is 39.0 Å². The summed E-state index contributed by atoms with van der Waals surface area (Å²) in [5, 5.41) is 8.88. The number of anilines is 1. The van der Waals surface area contributed by atoms with Crippen molar-refractivity contribution in [3.63, 3.8) is 0 Å². The summed E-state index contributed by atoms with van der Waals surface area (Å²) >= 11 is 0. The number of rotatable bonds is 2. The topological polar surface area (TPSA) is 51.9 Å². The van der Waals surface area contributed by atoms with Crippen LogP contribution in [-0.4, -0.2) is 20.3 Å². The van der Waals surface area contributed by atoms with E-state index in [1.165, 1.54) is 0 Å². The Morgan fingerprint density at radius 2 is 1.69 bits per heavy atom. The van der Waals surface area contributed by atoms with E-state index in [9.17, 15) is 4.79 Å². The average molecular weight is 352 g/mol. The largest absolute Gasteiger partial charge is 0.340 e. The molecule has 2 heterocycles. The van der Waals surface area contributed by atoms with E-state index >= 15 is 0 Å². The maximum absolute atomic E-state index is 13.0. The van der Waals surface area contributed by atoms with Gasteiger partial charge in [0.2, 0.25) is 0 Å². The molecule has 2 aromatic heterocycles. The third-order valence-corrected chi connectivity index (χ3v) is 4.54. The van der Waals surface area contributed by atoms with Crippen LogP contribution in [0.1, 0.15) is 57.7 Å². The van der Waals surface area contributed by atoms with E-state index < -0.39 is 0 Å². The molecule has 1 N–H and O–H groups in total. The van der Waals surface area contributed by atoms with E-state index in [1.54, 1.807) is 0 Å². The Morgan fingerprint density at radius 1 is 1.04 bits per heavy atom. The summed E-state index contributed by atoms with van der Waals surface area (Å²) in [5.74, 6) is 0.590. The van der Waals surface area contributed by atoms with Gasteiger partial charge in [0.05, 0.1) is 11.2 Å². The van der Waals surface area contributed by atoms with E-state index in [0.29, 0.717) is 5.69 Å². The molecule has 26 heavy (non-hydrogen) atoms. The molecule has 5 nitrogen and oxygen atoms in total. The van der Waals surface area contributed by atoms with Crippen molar-refractivity contribution in [2.45, 2.75) is 52.5 Å². The summed E-state index contributed by atoms with van der Waals surface area (Å²) in [6, 6.07) is 11.9. The molecule has 0 unspecified atom stereocenters. The molecule has 0 atom stereocenters. The highest BCUT2D eigenvalue weighted by Gasteiger charge is 2.26. The molecule has 0 aliphatic rings. The Morgan fingerprint density at radius 3 is 2.27 bits per heavy atom. The molecule has 0 radical (unpaired) electrons. The van der Waals surface area contributed by atoms with Crippen LogP contribution in [0, 0.1) is 0 Å². The van der Waals surface area contributed by atoms with Gasteiger partial charge in [-0.2, -0.15) is 5.10 Å². The third-order valence-electron chi connectivity index (χ3n) is 4.54. The molecule has 3 aromatic rings. The van der Waals surface area contributed by atoms with E-state index in [-0.39, 0.29) is 16.9 Å². The van der Waals surface area contributed by atoms with Gasteiger partial charge < -0.3 is 9.88 Å². The van der Waals surface area contributed by atoms with Crippen molar-refractivity contribution in [1.82, 2.24) is 14.3 Å². The third kappa shape index (κ3) is 3.26. The van der Waals surface area contributed by atoms with Crippen molar-refractivity contribution >= 4 is 22.6 Å². The number of hydrogen-bond acceptors (Lipinski definition) is 2. The molecule has 0 aliphatic heterocycles. The second-order valence-electron chi connectivity index (χ2n) is 8.85. The molecule has 5 heteroatoms. The lowest BCUT2D eigenvalue weighted by atomic mass is 9.92. The van der Waals surface area contributed by atoms with Gasteiger partial charge in [-0.15, -0.1) is 0 Å². The van der Waals surface area contributed by atoms with Crippen LogP contribution < -0.4 is 5.32 Å². The monoisotopic (exact) mass is 352 g/mol. The first-order valence-electron chi connectivity index (χ1n) is 8.95. The zero-order chi connectivity index (χ0) is 19.3. The number of carbonyl (C=O) groups is 1. The van der Waals surface area contributed by atoms with E-state index in [4.69, 9.17) is 5.10 Å². The van der Waals surface area contributed by atoms with E-state index in [1.807, 2.05) is 52.7 Å². The van der Waals surface area contributed by atoms with Crippen LogP contribution in [0.5, 0.6) is 0 Å². The van der Waals surface area contributed by atoms with Crippen LogP contribution >= 0.6 is 0 Å². The molecule has 0 aliphatic carbocycles. The highest BCUT2D eigenvalue weighted by molar-refractivity contribution is 6.06. The molecule has 3 rings (SSSR count). The fourth-order valence-electron chi connectivity index (χ4n) is 3.04. The summed E-state index contributed by atoms with van der Waals surface area (Å²) in [7, 11) is 1.92. The summed E-state index contributed by atoms with van der Waals surface area (Å²) < 4.78 is 3.82. The first-order chi connectivity index (χ1) is 12.0. The number of fused-ring (bicyclic) bond motifs is 1. The van der Waals surface area contributed by atoms with Crippen LogP contribution in [0.2, 0.25) is 0 Å². The number of aryl methyl sites for hydroxylation is 1. The van der Waals surface area contributed by atoms with Crippen LogP contribution in [0.25, 0.3) is 10.9 Å². The first kappa shape index (κ1) is 18.2. The molecule has 0 bridgehead atoms. The average Bonchev–Trinajstić information content (AvgIpc) is 3.09. The zero-order valence-corrected chi connectivity index (χ0v) is 16.7. The molecule has 1 amide bonds. The van der Waals surface area contributed by atoms with Crippen molar-refractivity contribution in [2.24, 2.45) is 7.05 Å². The van der Waals surface area contributed by atoms with Crippen LogP contribution in [0.4, 0.5) is 5.82 Å². The predicted octanol–water partition coefficient (Wildman–Crippen LogP) is 4.68. The van der Waals surface area contributed by atoms with E-state index in [0.717, 1.165) is 22.4 Å². The lowest BCUT2D eigenvalue weighted by Gasteiger charge is -2.23. The van der Waals surface area contributed by atoms with Gasteiger partial charge in [-0.05, 0) is 32.9 Å². The summed E-state index contributed by atoms with van der Waals surface area (Å²) in [5.41, 5.74) is 2.31. The Labute approximate surface area is 155 Å². The SMILES string of the molecule is Cn1c(C(=O)Nc2cc(C(C)(C)C)nn2C(C)(C)C)cc2ccccc21. The van der Waals surface area contributed by atoms with Crippen molar-refractivity contribution in [1.29, 1.82) is 0 Å².